The van der Waals surface area contributed by atoms with Crippen molar-refractivity contribution in [2.75, 3.05) is 52.2 Å². The molecule has 6 rings (SSSR count). The van der Waals surface area contributed by atoms with Crippen molar-refractivity contribution in [1.29, 1.82) is 0 Å². The molecule has 83 heavy (non-hydrogen) atoms. The highest BCUT2D eigenvalue weighted by Gasteiger charge is 2.38. The van der Waals surface area contributed by atoms with Crippen LogP contribution in [0.1, 0.15) is 89.5 Å². The fourth-order valence-corrected chi connectivity index (χ4v) is 8.54. The number of nitrogens with zero attached hydrogens (tertiary/aromatic N) is 6. The highest BCUT2D eigenvalue weighted by Crippen LogP contribution is 2.39. The maximum atomic E-state index is 14.7. The number of aliphatic hydroxyl groups excluding tert-OH is 2. The first-order chi connectivity index (χ1) is 38.1. The molecule has 0 aliphatic heterocycles. The molecule has 19 nitrogen and oxygen atoms in total. The lowest BCUT2D eigenvalue weighted by atomic mass is 9.90. The minimum Gasteiger partial charge on any atom is -0.412 e. The van der Waals surface area contributed by atoms with Crippen LogP contribution in [0.25, 0.3) is 22.5 Å². The van der Waals surface area contributed by atoms with Gasteiger partial charge in [-0.3, -0.25) is 18.7 Å². The summed E-state index contributed by atoms with van der Waals surface area (Å²) in [6.45, 7) is 8.72. The molecule has 6 aromatic rings. The quantitative estimate of drug-likeness (QED) is 0.0327. The molecular weight excluding hydrogens is 1140 g/mol. The van der Waals surface area contributed by atoms with E-state index in [0.29, 0.717) is 37.0 Å². The van der Waals surface area contributed by atoms with Crippen molar-refractivity contribution in [2.24, 2.45) is 22.3 Å². The summed E-state index contributed by atoms with van der Waals surface area (Å²) in [7, 11) is -7.33. The van der Waals surface area contributed by atoms with E-state index in [1.807, 2.05) is 102 Å². The number of alkyl halides is 2. The van der Waals surface area contributed by atoms with Gasteiger partial charge in [0.2, 0.25) is 11.8 Å². The van der Waals surface area contributed by atoms with Gasteiger partial charge in [0, 0.05) is 72.4 Å². The first kappa shape index (κ1) is 72.5. The molecule has 0 fully saturated rings. The van der Waals surface area contributed by atoms with Crippen LogP contribution < -0.4 is 11.5 Å². The maximum absolute atomic E-state index is 14.7. The number of aromatic nitrogens is 4. The summed E-state index contributed by atoms with van der Waals surface area (Å²) in [5, 5.41) is 19.5. The minimum absolute atomic E-state index is 0. The molecule has 27 heteroatoms. The van der Waals surface area contributed by atoms with E-state index in [4.69, 9.17) is 20.6 Å². The zero-order chi connectivity index (χ0) is 61.9. The zero-order valence-corrected chi connectivity index (χ0v) is 49.1. The summed E-state index contributed by atoms with van der Waals surface area (Å²) in [5.41, 5.74) is 12.7. The normalized spacial score (nSPS) is 13.1. The molecule has 2 heterocycles. The molecule has 460 valence electrons. The Bertz CT molecular complexity index is 2990. The molecule has 0 bridgehead atoms. The van der Waals surface area contributed by atoms with Crippen LogP contribution in [0.5, 0.6) is 0 Å². The van der Waals surface area contributed by atoms with Gasteiger partial charge < -0.3 is 46.1 Å². The highest BCUT2D eigenvalue weighted by atomic mass is 32.2. The number of aliphatic hydroxyl groups is 2. The van der Waals surface area contributed by atoms with Crippen molar-refractivity contribution in [3.05, 3.63) is 156 Å². The Hall–Kier alpha value is -6.56. The summed E-state index contributed by atoms with van der Waals surface area (Å²) in [6, 6.07) is 23.8. The average molecular weight is 1220 g/mol. The van der Waals surface area contributed by atoms with Crippen LogP contribution in [-0.4, -0.2) is 147 Å². The Morgan fingerprint density at radius 2 is 0.880 bits per heavy atom. The molecule has 0 unspecified atom stereocenters. The van der Waals surface area contributed by atoms with E-state index < -0.39 is 117 Å². The SMILES string of the molecule is CC(C)(C)[C@@H](N(CC[C@H](N)CF)C(=O)CO)n1cc(-c2cc(F)ccc2F)nc1Cc1ccccc1.CC(C)(C)[C@@H](N(CC[C@H](N)CF)C(=O)CO)n1cc(-c2cc(F)ccc2F)nc1Cc1ccccc1.CS(=O)(=O)O.CS(=O)(=O)O.O. The van der Waals surface area contributed by atoms with Crippen molar-refractivity contribution >= 4 is 32.1 Å². The third-order valence-corrected chi connectivity index (χ3v) is 11.9. The summed E-state index contributed by atoms with van der Waals surface area (Å²) in [4.78, 5) is 38.1. The second-order valence-electron chi connectivity index (χ2n) is 21.3. The van der Waals surface area contributed by atoms with Gasteiger partial charge in [-0.15, -0.1) is 0 Å². The van der Waals surface area contributed by atoms with Gasteiger partial charge in [-0.1, -0.05) is 102 Å². The van der Waals surface area contributed by atoms with Gasteiger partial charge in [-0.25, -0.2) is 36.3 Å². The van der Waals surface area contributed by atoms with Crippen LogP contribution in [0.15, 0.2) is 109 Å². The van der Waals surface area contributed by atoms with Gasteiger partial charge >= 0.3 is 0 Å². The topological polar surface area (TPSA) is 309 Å². The monoisotopic (exact) mass is 1210 g/mol. The Morgan fingerprint density at radius 1 is 0.578 bits per heavy atom. The molecule has 0 saturated heterocycles. The molecular formula is C56H76F6N8O11S2. The number of amides is 2. The number of rotatable bonds is 20. The predicted molar refractivity (Wildman–Crippen MR) is 304 cm³/mol. The standard InChI is InChI=1S/2C27H33F3N4O2.2CH4O3S.H2O/c2*1-27(2,3)26(33(25(36)17-35)12-11-20(31)15-28)34-16-23(21-14-19(29)9-10-22(21)30)32-24(34)13-18-7-5-4-6-8-18;2*1-5(2,3)4;/h2*4-10,14,16,20,26,35H,11-13,15,17,31H2,1-3H3;2*1H3,(H,2,3,4);1H2/t2*20-,26-;;;/m00.../s1. The number of carbonyl (C=O) groups is 2. The molecule has 0 saturated carbocycles. The van der Waals surface area contributed by atoms with Gasteiger partial charge in [-0.2, -0.15) is 16.8 Å². The number of hydrogen-bond acceptors (Lipinski definition) is 12. The molecule has 0 aliphatic carbocycles. The molecule has 0 spiro atoms. The number of imidazole rings is 2. The lowest BCUT2D eigenvalue weighted by Gasteiger charge is -2.41. The first-order valence-electron chi connectivity index (χ1n) is 25.5. The lowest BCUT2D eigenvalue weighted by molar-refractivity contribution is -0.143. The fraction of sp³-hybridized carbons (Fsp3) is 0.429. The molecule has 10 N–H and O–H groups in total. The minimum atomic E-state index is -3.67. The molecule has 2 amide bonds. The van der Waals surface area contributed by atoms with Crippen molar-refractivity contribution in [2.45, 2.75) is 91.6 Å². The van der Waals surface area contributed by atoms with Crippen molar-refractivity contribution < 1.29 is 77.6 Å². The number of benzene rings is 4. The second kappa shape index (κ2) is 32.5. The summed E-state index contributed by atoms with van der Waals surface area (Å²) in [6.07, 6.45) is 4.34. The predicted octanol–water partition coefficient (Wildman–Crippen LogP) is 7.13. The number of carbonyl (C=O) groups excluding carboxylic acids is 2. The third-order valence-electron chi connectivity index (χ3n) is 11.9. The van der Waals surface area contributed by atoms with E-state index >= 15 is 0 Å². The third kappa shape index (κ3) is 24.3. The van der Waals surface area contributed by atoms with Crippen LogP contribution in [0.4, 0.5) is 26.3 Å². The Balaban J connectivity index is 0.000000481. The molecule has 0 aliphatic rings. The van der Waals surface area contributed by atoms with Crippen molar-refractivity contribution in [3.8, 4) is 22.5 Å². The van der Waals surface area contributed by atoms with E-state index in [9.17, 15) is 63.0 Å². The molecule has 4 aromatic carbocycles. The van der Waals surface area contributed by atoms with Gasteiger partial charge in [0.1, 0.15) is 73.8 Å². The van der Waals surface area contributed by atoms with E-state index in [2.05, 4.69) is 9.97 Å². The molecule has 4 atom stereocenters. The number of halogens is 6. The van der Waals surface area contributed by atoms with Gasteiger partial charge in [0.15, 0.2) is 0 Å². The Morgan fingerprint density at radius 3 is 1.14 bits per heavy atom. The maximum Gasteiger partial charge on any atom is 0.261 e. The zero-order valence-electron chi connectivity index (χ0n) is 47.4. The van der Waals surface area contributed by atoms with Crippen LogP contribution in [0.2, 0.25) is 0 Å². The average Bonchev–Trinajstić information content (AvgIpc) is 3.73. The highest BCUT2D eigenvalue weighted by molar-refractivity contribution is 7.85. The molecule has 0 radical (unpaired) electrons. The van der Waals surface area contributed by atoms with Crippen molar-refractivity contribution in [3.63, 3.8) is 0 Å². The van der Waals surface area contributed by atoms with Crippen LogP contribution >= 0.6 is 0 Å². The number of hydrogen-bond donors (Lipinski definition) is 6. The second-order valence-corrected chi connectivity index (χ2v) is 24.2. The summed E-state index contributed by atoms with van der Waals surface area (Å²) < 4.78 is 139. The largest absolute Gasteiger partial charge is 0.412 e. The van der Waals surface area contributed by atoms with E-state index in [-0.39, 0.29) is 53.9 Å². The summed E-state index contributed by atoms with van der Waals surface area (Å²) >= 11 is 0. The first-order valence-corrected chi connectivity index (χ1v) is 29.2. The number of nitrogens with two attached hydrogens (primary N) is 2. The fourth-order valence-electron chi connectivity index (χ4n) is 8.54. The van der Waals surface area contributed by atoms with Crippen LogP contribution in [0, 0.1) is 34.1 Å². The Kier molecular flexibility index (Phi) is 28.4. The van der Waals surface area contributed by atoms with Gasteiger partial charge in [0.05, 0.1) is 23.9 Å². The Labute approximate surface area is 480 Å². The van der Waals surface area contributed by atoms with Gasteiger partial charge in [-0.05, 0) is 60.4 Å². The van der Waals surface area contributed by atoms with Crippen molar-refractivity contribution in [1.82, 2.24) is 28.9 Å². The summed E-state index contributed by atoms with van der Waals surface area (Å²) in [5.74, 6) is -2.53. The van der Waals surface area contributed by atoms with E-state index in [1.54, 1.807) is 21.5 Å². The lowest BCUT2D eigenvalue weighted by Crippen LogP contribution is -2.47. The van der Waals surface area contributed by atoms with Gasteiger partial charge in [0.25, 0.3) is 20.2 Å². The van der Waals surface area contributed by atoms with Crippen LogP contribution in [0.3, 0.4) is 0 Å². The smallest absolute Gasteiger partial charge is 0.261 e. The van der Waals surface area contributed by atoms with E-state index in [0.717, 1.165) is 47.5 Å². The van der Waals surface area contributed by atoms with Crippen LogP contribution in [-0.2, 0) is 42.7 Å². The molecule has 2 aromatic heterocycles. The van der Waals surface area contributed by atoms with E-state index in [1.165, 1.54) is 9.80 Å².